The third kappa shape index (κ3) is 6.07. The molecule has 1 aromatic heterocycles. The molecule has 0 radical (unpaired) electrons. The van der Waals surface area contributed by atoms with Crippen LogP contribution in [0, 0.1) is 6.92 Å². The highest BCUT2D eigenvalue weighted by Gasteiger charge is 2.08. The van der Waals surface area contributed by atoms with Gasteiger partial charge >= 0.3 is 11.7 Å². The van der Waals surface area contributed by atoms with Crippen molar-refractivity contribution in [3.63, 3.8) is 0 Å². The van der Waals surface area contributed by atoms with Gasteiger partial charge in [0.05, 0.1) is 0 Å². The number of carbonyl (C=O) groups excluding carboxylic acids is 1. The van der Waals surface area contributed by atoms with Crippen molar-refractivity contribution in [3.8, 4) is 0 Å². The molecule has 4 N–H and O–H groups in total. The van der Waals surface area contributed by atoms with Crippen molar-refractivity contribution in [2.45, 2.75) is 39.0 Å². The summed E-state index contributed by atoms with van der Waals surface area (Å²) in [6.45, 7) is 2.02. The van der Waals surface area contributed by atoms with Crippen molar-refractivity contribution >= 4 is 11.9 Å². The molecule has 0 saturated heterocycles. The molecular weight excluding hydrogens is 278 g/mol. The minimum Gasteiger partial charge on any atom is -0.481 e. The fourth-order valence-corrected chi connectivity index (χ4v) is 1.88. The van der Waals surface area contributed by atoms with Gasteiger partial charge in [-0.1, -0.05) is 0 Å². The highest BCUT2D eigenvalue weighted by Crippen LogP contribution is 2.00. The van der Waals surface area contributed by atoms with Crippen LogP contribution in [0.1, 0.15) is 36.9 Å². The third-order valence-corrected chi connectivity index (χ3v) is 3.00. The molecule has 0 aromatic carbocycles. The molecule has 116 valence electrons. The summed E-state index contributed by atoms with van der Waals surface area (Å²) < 4.78 is 0. The monoisotopic (exact) mass is 297 g/mol. The number of aromatic amines is 2. The number of hydrogen-bond acceptors (Lipinski definition) is 4. The van der Waals surface area contributed by atoms with E-state index in [1.807, 2.05) is 0 Å². The molecule has 8 nitrogen and oxygen atoms in total. The van der Waals surface area contributed by atoms with Crippen LogP contribution >= 0.6 is 0 Å². The van der Waals surface area contributed by atoms with Gasteiger partial charge in [0.15, 0.2) is 0 Å². The summed E-state index contributed by atoms with van der Waals surface area (Å²) in [6, 6.07) is 0. The van der Waals surface area contributed by atoms with Crippen LogP contribution < -0.4 is 16.6 Å². The lowest BCUT2D eigenvalue weighted by molar-refractivity contribution is -0.137. The standard InChI is InChI=1S/C13H19N3O5/c1-8-9(12(20)16-13(21)15-8)5-6-10(17)14-7-3-2-4-11(18)19/h2-7H2,1H3,(H,14,17)(H,18,19)(H2,15,16,20,21). The van der Waals surface area contributed by atoms with Gasteiger partial charge in [0.1, 0.15) is 0 Å². The number of rotatable bonds is 8. The first-order chi connectivity index (χ1) is 9.90. The molecule has 0 spiro atoms. The van der Waals surface area contributed by atoms with E-state index in [9.17, 15) is 19.2 Å². The summed E-state index contributed by atoms with van der Waals surface area (Å²) in [7, 11) is 0. The van der Waals surface area contributed by atoms with Crippen molar-refractivity contribution in [2.24, 2.45) is 0 Å². The molecular formula is C13H19N3O5. The fraction of sp³-hybridized carbons (Fsp3) is 0.538. The molecule has 1 heterocycles. The van der Waals surface area contributed by atoms with Gasteiger partial charge in [0, 0.05) is 30.6 Å². The van der Waals surface area contributed by atoms with Crippen LogP contribution in [0.4, 0.5) is 0 Å². The number of carbonyl (C=O) groups is 2. The number of carboxylic acid groups (broad SMARTS) is 1. The number of aromatic nitrogens is 2. The largest absolute Gasteiger partial charge is 0.481 e. The summed E-state index contributed by atoms with van der Waals surface area (Å²) in [5, 5.41) is 11.1. The van der Waals surface area contributed by atoms with Crippen molar-refractivity contribution < 1.29 is 14.7 Å². The second-order valence-corrected chi connectivity index (χ2v) is 4.71. The van der Waals surface area contributed by atoms with Gasteiger partial charge in [0.2, 0.25) is 5.91 Å². The quantitative estimate of drug-likeness (QED) is 0.488. The van der Waals surface area contributed by atoms with Crippen molar-refractivity contribution in [3.05, 3.63) is 32.1 Å². The predicted octanol–water partition coefficient (Wildman–Crippen LogP) is -0.325. The minimum absolute atomic E-state index is 0.0851. The summed E-state index contributed by atoms with van der Waals surface area (Å²) >= 11 is 0. The Bertz CT molecular complexity index is 617. The number of aryl methyl sites for hydroxylation is 1. The van der Waals surface area contributed by atoms with E-state index in [2.05, 4.69) is 15.3 Å². The maximum Gasteiger partial charge on any atom is 0.325 e. The first-order valence-electron chi connectivity index (χ1n) is 6.70. The summed E-state index contributed by atoms with van der Waals surface area (Å²) in [5.41, 5.74) is -0.205. The van der Waals surface area contributed by atoms with E-state index in [4.69, 9.17) is 5.11 Å². The molecule has 0 aliphatic carbocycles. The Hall–Kier alpha value is -2.38. The van der Waals surface area contributed by atoms with Gasteiger partial charge in [-0.05, 0) is 26.2 Å². The molecule has 1 aromatic rings. The third-order valence-electron chi connectivity index (χ3n) is 3.00. The van der Waals surface area contributed by atoms with E-state index in [-0.39, 0.29) is 25.2 Å². The van der Waals surface area contributed by atoms with Crippen molar-refractivity contribution in [1.82, 2.24) is 15.3 Å². The predicted molar refractivity (Wildman–Crippen MR) is 75.2 cm³/mol. The van der Waals surface area contributed by atoms with Crippen molar-refractivity contribution in [2.75, 3.05) is 6.54 Å². The molecule has 1 rings (SSSR count). The lowest BCUT2D eigenvalue weighted by Crippen LogP contribution is -2.29. The second kappa shape index (κ2) is 8.03. The molecule has 0 saturated carbocycles. The smallest absolute Gasteiger partial charge is 0.325 e. The molecule has 0 atom stereocenters. The van der Waals surface area contributed by atoms with Crippen LogP contribution in [0.15, 0.2) is 9.59 Å². The van der Waals surface area contributed by atoms with E-state index < -0.39 is 17.2 Å². The number of amides is 1. The van der Waals surface area contributed by atoms with E-state index in [1.165, 1.54) is 0 Å². The summed E-state index contributed by atoms with van der Waals surface area (Å²) in [5.74, 6) is -1.07. The zero-order chi connectivity index (χ0) is 15.8. The Morgan fingerprint density at radius 2 is 1.86 bits per heavy atom. The van der Waals surface area contributed by atoms with E-state index in [0.29, 0.717) is 30.6 Å². The lowest BCUT2D eigenvalue weighted by atomic mass is 10.1. The van der Waals surface area contributed by atoms with Gasteiger partial charge in [-0.2, -0.15) is 0 Å². The first-order valence-corrected chi connectivity index (χ1v) is 6.70. The molecule has 0 fully saturated rings. The molecule has 0 bridgehead atoms. The van der Waals surface area contributed by atoms with E-state index >= 15 is 0 Å². The SMILES string of the molecule is Cc1[nH]c(=O)[nH]c(=O)c1CCC(=O)NCCCCC(=O)O. The molecule has 8 heteroatoms. The van der Waals surface area contributed by atoms with E-state index in [1.54, 1.807) is 6.92 Å². The number of H-pyrrole nitrogens is 2. The van der Waals surface area contributed by atoms with Gasteiger partial charge in [-0.3, -0.25) is 19.4 Å². The Morgan fingerprint density at radius 1 is 1.14 bits per heavy atom. The Labute approximate surface area is 120 Å². The molecule has 0 aliphatic heterocycles. The number of carboxylic acids is 1. The normalized spacial score (nSPS) is 10.3. The van der Waals surface area contributed by atoms with Gasteiger partial charge in [0.25, 0.3) is 5.56 Å². The summed E-state index contributed by atoms with van der Waals surface area (Å²) in [6.07, 6.45) is 1.56. The zero-order valence-electron chi connectivity index (χ0n) is 11.8. The Morgan fingerprint density at radius 3 is 2.48 bits per heavy atom. The van der Waals surface area contributed by atoms with Gasteiger partial charge in [-0.15, -0.1) is 0 Å². The van der Waals surface area contributed by atoms with Gasteiger partial charge in [-0.25, -0.2) is 4.79 Å². The maximum atomic E-state index is 11.6. The number of hydrogen-bond donors (Lipinski definition) is 4. The Kier molecular flexibility index (Phi) is 6.38. The van der Waals surface area contributed by atoms with E-state index in [0.717, 1.165) is 0 Å². The van der Waals surface area contributed by atoms with Crippen LogP contribution in [0.25, 0.3) is 0 Å². The number of unbranched alkanes of at least 4 members (excludes halogenated alkanes) is 1. The van der Waals surface area contributed by atoms with Crippen LogP contribution in [0.3, 0.4) is 0 Å². The number of nitrogens with one attached hydrogen (secondary N) is 3. The van der Waals surface area contributed by atoms with Crippen LogP contribution in [-0.2, 0) is 16.0 Å². The van der Waals surface area contributed by atoms with Crippen LogP contribution in [-0.4, -0.2) is 33.5 Å². The summed E-state index contributed by atoms with van der Waals surface area (Å²) in [4.78, 5) is 49.1. The average Bonchev–Trinajstić information content (AvgIpc) is 2.36. The molecule has 0 unspecified atom stereocenters. The molecule has 0 aliphatic rings. The molecule has 1 amide bonds. The fourth-order valence-electron chi connectivity index (χ4n) is 1.88. The van der Waals surface area contributed by atoms with Crippen molar-refractivity contribution in [1.29, 1.82) is 0 Å². The average molecular weight is 297 g/mol. The zero-order valence-corrected chi connectivity index (χ0v) is 11.8. The maximum absolute atomic E-state index is 11.6. The van der Waals surface area contributed by atoms with Gasteiger partial charge < -0.3 is 15.4 Å². The first kappa shape index (κ1) is 16.7. The highest BCUT2D eigenvalue weighted by molar-refractivity contribution is 5.76. The second-order valence-electron chi connectivity index (χ2n) is 4.71. The molecule has 21 heavy (non-hydrogen) atoms. The number of aliphatic carboxylic acids is 1. The van der Waals surface area contributed by atoms with Crippen LogP contribution in [0.5, 0.6) is 0 Å². The van der Waals surface area contributed by atoms with Crippen LogP contribution in [0.2, 0.25) is 0 Å². The highest BCUT2D eigenvalue weighted by atomic mass is 16.4. The lowest BCUT2D eigenvalue weighted by Gasteiger charge is -2.06. The Balaban J connectivity index is 2.35. The minimum atomic E-state index is -0.853. The topological polar surface area (TPSA) is 132 Å².